The van der Waals surface area contributed by atoms with Gasteiger partial charge < -0.3 is 14.7 Å². The van der Waals surface area contributed by atoms with E-state index < -0.39 is 11.6 Å². The molecule has 24 heavy (non-hydrogen) atoms. The maximum atomic E-state index is 11.9. The van der Waals surface area contributed by atoms with Gasteiger partial charge in [-0.1, -0.05) is 12.2 Å². The molecule has 0 saturated carbocycles. The fraction of sp³-hybridized carbons (Fsp3) is 0.579. The molecular formula is C19H26N2O3. The molecule has 0 bridgehead atoms. The molecule has 1 aromatic heterocycles. The van der Waals surface area contributed by atoms with E-state index in [2.05, 4.69) is 22.0 Å². The molecule has 2 aliphatic rings. The van der Waals surface area contributed by atoms with Crippen LogP contribution in [0.2, 0.25) is 0 Å². The van der Waals surface area contributed by atoms with Crippen molar-refractivity contribution in [3.8, 4) is 5.75 Å². The van der Waals surface area contributed by atoms with Crippen molar-refractivity contribution >= 4 is 5.97 Å². The standard InChI is InChI=1S/C19H26N2O3/c1-15-7-8-17(13-20-15)24-19(18(22)23)9-11-21(12-10-19)14-16-5-3-2-4-6-16/h2-3,7-8,13,16H,4-6,9-12,14H2,1H3,(H,22,23)/t16-/m1/s1. The molecule has 5 heteroatoms. The van der Waals surface area contributed by atoms with Crippen LogP contribution in [0, 0.1) is 12.8 Å². The van der Waals surface area contributed by atoms with Gasteiger partial charge in [0.15, 0.2) is 0 Å². The molecule has 1 saturated heterocycles. The molecule has 5 nitrogen and oxygen atoms in total. The van der Waals surface area contributed by atoms with Gasteiger partial charge in [0.1, 0.15) is 5.75 Å². The number of piperidine rings is 1. The Bertz CT molecular complexity index is 589. The van der Waals surface area contributed by atoms with Gasteiger partial charge in [0.2, 0.25) is 5.60 Å². The predicted molar refractivity (Wildman–Crippen MR) is 92.1 cm³/mol. The van der Waals surface area contributed by atoms with Gasteiger partial charge in [-0.25, -0.2) is 4.79 Å². The first-order valence-corrected chi connectivity index (χ1v) is 8.80. The summed E-state index contributed by atoms with van der Waals surface area (Å²) in [4.78, 5) is 18.5. The van der Waals surface area contributed by atoms with Crippen molar-refractivity contribution in [1.29, 1.82) is 0 Å². The molecule has 1 aliphatic heterocycles. The van der Waals surface area contributed by atoms with E-state index in [1.54, 1.807) is 12.3 Å². The van der Waals surface area contributed by atoms with E-state index in [1.165, 1.54) is 12.8 Å². The molecule has 1 atom stereocenters. The van der Waals surface area contributed by atoms with Crippen molar-refractivity contribution in [2.24, 2.45) is 5.92 Å². The number of aromatic nitrogens is 1. The molecule has 1 N–H and O–H groups in total. The van der Waals surface area contributed by atoms with Crippen molar-refractivity contribution in [1.82, 2.24) is 9.88 Å². The fourth-order valence-electron chi connectivity index (χ4n) is 3.58. The summed E-state index contributed by atoms with van der Waals surface area (Å²) in [7, 11) is 0. The number of aryl methyl sites for hydroxylation is 1. The van der Waals surface area contributed by atoms with Gasteiger partial charge in [0.05, 0.1) is 6.20 Å². The molecule has 0 aromatic carbocycles. The number of pyridine rings is 1. The zero-order chi connectivity index (χ0) is 17.0. The van der Waals surface area contributed by atoms with Crippen LogP contribution in [0.15, 0.2) is 30.5 Å². The number of carbonyl (C=O) groups is 1. The summed E-state index contributed by atoms with van der Waals surface area (Å²) in [5.41, 5.74) is -0.233. The van der Waals surface area contributed by atoms with Crippen LogP contribution in [0.4, 0.5) is 0 Å². The van der Waals surface area contributed by atoms with Crippen molar-refractivity contribution in [2.75, 3.05) is 19.6 Å². The zero-order valence-electron chi connectivity index (χ0n) is 14.3. The summed E-state index contributed by atoms with van der Waals surface area (Å²) in [5.74, 6) is 0.367. The number of rotatable bonds is 5. The number of likely N-dealkylation sites (tertiary alicyclic amines) is 1. The minimum Gasteiger partial charge on any atom is -0.478 e. The molecule has 0 spiro atoms. The Balaban J connectivity index is 1.60. The quantitative estimate of drug-likeness (QED) is 0.841. The highest BCUT2D eigenvalue weighted by molar-refractivity contribution is 5.78. The number of nitrogens with zero attached hydrogens (tertiary/aromatic N) is 2. The largest absolute Gasteiger partial charge is 0.478 e. The van der Waals surface area contributed by atoms with Crippen LogP contribution in [0.5, 0.6) is 5.75 Å². The molecule has 2 heterocycles. The maximum Gasteiger partial charge on any atom is 0.348 e. The van der Waals surface area contributed by atoms with Crippen LogP contribution in [0.25, 0.3) is 0 Å². The average molecular weight is 330 g/mol. The number of allylic oxidation sites excluding steroid dienone is 2. The normalized spacial score (nSPS) is 23.8. The first-order chi connectivity index (χ1) is 11.6. The number of ether oxygens (including phenoxy) is 1. The van der Waals surface area contributed by atoms with Crippen LogP contribution >= 0.6 is 0 Å². The smallest absolute Gasteiger partial charge is 0.348 e. The van der Waals surface area contributed by atoms with E-state index in [4.69, 9.17) is 4.74 Å². The number of carboxylic acids is 1. The van der Waals surface area contributed by atoms with Gasteiger partial charge >= 0.3 is 5.97 Å². The van der Waals surface area contributed by atoms with Crippen LogP contribution in [-0.2, 0) is 4.79 Å². The SMILES string of the molecule is Cc1ccc(OC2(C(=O)O)CCN(C[C@@H]3CC=CCC3)CC2)cn1. The molecular weight excluding hydrogens is 304 g/mol. The van der Waals surface area contributed by atoms with E-state index in [-0.39, 0.29) is 0 Å². The lowest BCUT2D eigenvalue weighted by Crippen LogP contribution is -2.53. The Morgan fingerprint density at radius 2 is 2.17 bits per heavy atom. The summed E-state index contributed by atoms with van der Waals surface area (Å²) in [5, 5.41) is 9.74. The second-order valence-corrected chi connectivity index (χ2v) is 6.99. The molecule has 3 rings (SSSR count). The maximum absolute atomic E-state index is 11.9. The lowest BCUT2D eigenvalue weighted by atomic mass is 9.89. The highest BCUT2D eigenvalue weighted by Gasteiger charge is 2.44. The second-order valence-electron chi connectivity index (χ2n) is 6.99. The Morgan fingerprint density at radius 3 is 2.75 bits per heavy atom. The fourth-order valence-corrected chi connectivity index (χ4v) is 3.58. The zero-order valence-corrected chi connectivity index (χ0v) is 14.3. The highest BCUT2D eigenvalue weighted by atomic mass is 16.5. The van der Waals surface area contributed by atoms with Gasteiger partial charge in [0, 0.05) is 38.2 Å². The summed E-state index contributed by atoms with van der Waals surface area (Å²) < 4.78 is 5.90. The van der Waals surface area contributed by atoms with E-state index >= 15 is 0 Å². The number of carboxylic acid groups (broad SMARTS) is 1. The van der Waals surface area contributed by atoms with E-state index in [0.717, 1.165) is 31.7 Å². The number of aliphatic carboxylic acids is 1. The molecule has 1 aliphatic carbocycles. The van der Waals surface area contributed by atoms with Crippen LogP contribution in [0.3, 0.4) is 0 Å². The predicted octanol–water partition coefficient (Wildman–Crippen LogP) is 3.04. The number of hydrogen-bond acceptors (Lipinski definition) is 4. The minimum absolute atomic E-state index is 0.513. The Labute approximate surface area is 143 Å². The van der Waals surface area contributed by atoms with Gasteiger partial charge in [-0.2, -0.15) is 0 Å². The Hall–Kier alpha value is -1.88. The van der Waals surface area contributed by atoms with Gasteiger partial charge in [-0.3, -0.25) is 4.98 Å². The van der Waals surface area contributed by atoms with Gasteiger partial charge in [-0.15, -0.1) is 0 Å². The van der Waals surface area contributed by atoms with Gasteiger partial charge in [0.25, 0.3) is 0 Å². The third-order valence-corrected chi connectivity index (χ3v) is 5.15. The lowest BCUT2D eigenvalue weighted by molar-refractivity contribution is -0.159. The topological polar surface area (TPSA) is 62.7 Å². The van der Waals surface area contributed by atoms with Crippen molar-refractivity contribution in [3.63, 3.8) is 0 Å². The monoisotopic (exact) mass is 330 g/mol. The summed E-state index contributed by atoms with van der Waals surface area (Å²) >= 11 is 0. The Morgan fingerprint density at radius 1 is 1.38 bits per heavy atom. The molecule has 1 aromatic rings. The lowest BCUT2D eigenvalue weighted by Gasteiger charge is -2.40. The first-order valence-electron chi connectivity index (χ1n) is 8.80. The summed E-state index contributed by atoms with van der Waals surface area (Å²) in [6.45, 7) is 4.50. The number of hydrogen-bond donors (Lipinski definition) is 1. The Kier molecular flexibility index (Phi) is 5.19. The van der Waals surface area contributed by atoms with E-state index in [9.17, 15) is 9.90 Å². The average Bonchev–Trinajstić information content (AvgIpc) is 2.59. The van der Waals surface area contributed by atoms with Crippen LogP contribution in [-0.4, -0.2) is 46.2 Å². The second kappa shape index (κ2) is 7.34. The third-order valence-electron chi connectivity index (χ3n) is 5.15. The van der Waals surface area contributed by atoms with Crippen molar-refractivity contribution in [3.05, 3.63) is 36.2 Å². The highest BCUT2D eigenvalue weighted by Crippen LogP contribution is 2.30. The van der Waals surface area contributed by atoms with Crippen LogP contribution in [0.1, 0.15) is 37.8 Å². The van der Waals surface area contributed by atoms with E-state index in [0.29, 0.717) is 24.5 Å². The van der Waals surface area contributed by atoms with Crippen molar-refractivity contribution in [2.45, 2.75) is 44.6 Å². The van der Waals surface area contributed by atoms with Crippen LogP contribution < -0.4 is 4.74 Å². The molecule has 1 fully saturated rings. The summed E-state index contributed by atoms with van der Waals surface area (Å²) in [6.07, 6.45) is 10.7. The molecule has 0 unspecified atom stereocenters. The molecule has 0 amide bonds. The molecule has 0 radical (unpaired) electrons. The molecule has 130 valence electrons. The van der Waals surface area contributed by atoms with Gasteiger partial charge in [-0.05, 0) is 44.2 Å². The van der Waals surface area contributed by atoms with E-state index in [1.807, 2.05) is 13.0 Å². The summed E-state index contributed by atoms with van der Waals surface area (Å²) in [6, 6.07) is 3.64. The first kappa shape index (κ1) is 17.0. The third kappa shape index (κ3) is 3.96. The van der Waals surface area contributed by atoms with Crippen molar-refractivity contribution < 1.29 is 14.6 Å². The minimum atomic E-state index is -1.13.